The molecule has 0 amide bonds. The molecule has 27 heavy (non-hydrogen) atoms. The molecule has 0 radical (unpaired) electrons. The van der Waals surface area contributed by atoms with E-state index in [0.29, 0.717) is 18.9 Å². The van der Waals surface area contributed by atoms with E-state index in [1.54, 1.807) is 0 Å². The first-order valence-corrected chi connectivity index (χ1v) is 9.32. The number of hydrogen-bond donors (Lipinski definition) is 3. The van der Waals surface area contributed by atoms with Crippen LogP contribution < -0.4 is 0 Å². The standard InChI is InChI=1S/C22H26N2O3/c1-22(2)13-26-21(27-14-22)20(25)18-11-10-17(24-18)19(16-9-6-12-23-16)15-7-4-3-5-8-15/h3-12,19-21,23-25H,13-14H2,1-2H3. The molecule has 1 aliphatic rings. The van der Waals surface area contributed by atoms with Gasteiger partial charge >= 0.3 is 0 Å². The molecule has 3 heterocycles. The van der Waals surface area contributed by atoms with Crippen molar-refractivity contribution in [1.82, 2.24) is 9.97 Å². The van der Waals surface area contributed by atoms with E-state index < -0.39 is 12.4 Å². The van der Waals surface area contributed by atoms with Gasteiger partial charge in [0.05, 0.1) is 19.1 Å². The predicted octanol–water partition coefficient (Wildman–Crippen LogP) is 3.96. The van der Waals surface area contributed by atoms with E-state index >= 15 is 0 Å². The van der Waals surface area contributed by atoms with Crippen molar-refractivity contribution in [3.63, 3.8) is 0 Å². The summed E-state index contributed by atoms with van der Waals surface area (Å²) in [5.41, 5.74) is 3.95. The maximum Gasteiger partial charge on any atom is 0.189 e. The van der Waals surface area contributed by atoms with Gasteiger partial charge in [0.25, 0.3) is 0 Å². The molecule has 0 saturated carbocycles. The zero-order valence-corrected chi connectivity index (χ0v) is 15.7. The summed E-state index contributed by atoms with van der Waals surface area (Å²) in [7, 11) is 0. The average molecular weight is 366 g/mol. The Bertz CT molecular complexity index is 845. The van der Waals surface area contributed by atoms with Gasteiger partial charge in [-0.3, -0.25) is 0 Å². The number of H-pyrrole nitrogens is 2. The lowest BCUT2D eigenvalue weighted by Gasteiger charge is -2.36. The van der Waals surface area contributed by atoms with Crippen LogP contribution in [-0.4, -0.2) is 34.6 Å². The molecule has 142 valence electrons. The van der Waals surface area contributed by atoms with E-state index in [9.17, 15) is 5.11 Å². The normalized spacial score (nSPS) is 19.7. The molecule has 0 aliphatic carbocycles. The molecular formula is C22H26N2O3. The molecule has 5 nitrogen and oxygen atoms in total. The molecule has 3 aromatic rings. The number of hydrogen-bond acceptors (Lipinski definition) is 3. The molecule has 1 saturated heterocycles. The summed E-state index contributed by atoms with van der Waals surface area (Å²) < 4.78 is 11.5. The molecular weight excluding hydrogens is 340 g/mol. The minimum absolute atomic E-state index is 0.0247. The summed E-state index contributed by atoms with van der Waals surface area (Å²) in [6, 6.07) is 18.3. The molecule has 1 aromatic carbocycles. The highest BCUT2D eigenvalue weighted by atomic mass is 16.7. The number of nitrogens with one attached hydrogen (secondary N) is 2. The fourth-order valence-electron chi connectivity index (χ4n) is 3.50. The number of rotatable bonds is 5. The van der Waals surface area contributed by atoms with Crippen molar-refractivity contribution in [3.8, 4) is 0 Å². The summed E-state index contributed by atoms with van der Waals surface area (Å²) >= 11 is 0. The van der Waals surface area contributed by atoms with E-state index in [0.717, 1.165) is 11.4 Å². The Labute approximate surface area is 159 Å². The lowest BCUT2D eigenvalue weighted by molar-refractivity contribution is -0.258. The molecule has 2 unspecified atom stereocenters. The Balaban J connectivity index is 1.58. The van der Waals surface area contributed by atoms with Gasteiger partial charge in [0.15, 0.2) is 6.29 Å². The quantitative estimate of drug-likeness (QED) is 0.640. The van der Waals surface area contributed by atoms with Crippen LogP contribution in [0.5, 0.6) is 0 Å². The van der Waals surface area contributed by atoms with E-state index in [1.165, 1.54) is 5.56 Å². The highest BCUT2D eigenvalue weighted by Crippen LogP contribution is 2.33. The Hall–Kier alpha value is -2.34. The average Bonchev–Trinajstić information content (AvgIpc) is 3.35. The number of aromatic amines is 2. The second-order valence-corrected chi connectivity index (χ2v) is 7.94. The largest absolute Gasteiger partial charge is 0.382 e. The third-order valence-corrected chi connectivity index (χ3v) is 4.96. The van der Waals surface area contributed by atoms with Gasteiger partial charge in [0.2, 0.25) is 0 Å². The van der Waals surface area contributed by atoms with Gasteiger partial charge in [-0.25, -0.2) is 0 Å². The van der Waals surface area contributed by atoms with Crippen LogP contribution in [0.2, 0.25) is 0 Å². The van der Waals surface area contributed by atoms with Crippen LogP contribution in [0, 0.1) is 5.41 Å². The van der Waals surface area contributed by atoms with Crippen LogP contribution in [0.25, 0.3) is 0 Å². The van der Waals surface area contributed by atoms with Crippen molar-refractivity contribution in [3.05, 3.63) is 83.4 Å². The van der Waals surface area contributed by atoms with E-state index in [-0.39, 0.29) is 11.3 Å². The number of aromatic nitrogens is 2. The summed E-state index contributed by atoms with van der Waals surface area (Å²) in [6.45, 7) is 5.31. The maximum atomic E-state index is 10.7. The molecule has 0 bridgehead atoms. The lowest BCUT2D eigenvalue weighted by Crippen LogP contribution is -2.40. The monoisotopic (exact) mass is 366 g/mol. The zero-order valence-electron chi connectivity index (χ0n) is 15.7. The fraction of sp³-hybridized carbons (Fsp3) is 0.364. The molecule has 5 heteroatoms. The molecule has 1 fully saturated rings. The Morgan fingerprint density at radius 1 is 0.926 bits per heavy atom. The number of benzene rings is 1. The SMILES string of the molecule is CC1(C)COC(C(O)c2ccc(C(c3ccccc3)c3ccc[nH]3)[nH]2)OC1. The second kappa shape index (κ2) is 7.35. The summed E-state index contributed by atoms with van der Waals surface area (Å²) in [4.78, 5) is 6.70. The minimum atomic E-state index is -0.852. The second-order valence-electron chi connectivity index (χ2n) is 7.94. The van der Waals surface area contributed by atoms with Crippen molar-refractivity contribution >= 4 is 0 Å². The van der Waals surface area contributed by atoms with Crippen LogP contribution in [0.4, 0.5) is 0 Å². The van der Waals surface area contributed by atoms with Gasteiger partial charge in [0, 0.05) is 28.7 Å². The first-order valence-electron chi connectivity index (χ1n) is 9.32. The van der Waals surface area contributed by atoms with Crippen molar-refractivity contribution in [2.45, 2.75) is 32.2 Å². The van der Waals surface area contributed by atoms with Crippen LogP contribution in [0.3, 0.4) is 0 Å². The zero-order chi connectivity index (χ0) is 18.9. The van der Waals surface area contributed by atoms with Gasteiger partial charge in [-0.15, -0.1) is 0 Å². The highest BCUT2D eigenvalue weighted by Gasteiger charge is 2.34. The Kier molecular flexibility index (Phi) is 4.91. The Morgan fingerprint density at radius 2 is 1.63 bits per heavy atom. The van der Waals surface area contributed by atoms with E-state index in [2.05, 4.69) is 42.0 Å². The van der Waals surface area contributed by atoms with Crippen molar-refractivity contribution < 1.29 is 14.6 Å². The van der Waals surface area contributed by atoms with E-state index in [4.69, 9.17) is 9.47 Å². The van der Waals surface area contributed by atoms with Crippen molar-refractivity contribution in [1.29, 1.82) is 0 Å². The summed E-state index contributed by atoms with van der Waals surface area (Å²) in [6.07, 6.45) is 0.426. The maximum absolute atomic E-state index is 10.7. The minimum Gasteiger partial charge on any atom is -0.382 e. The topological polar surface area (TPSA) is 70.3 Å². The van der Waals surface area contributed by atoms with Gasteiger partial charge in [-0.2, -0.15) is 0 Å². The summed E-state index contributed by atoms with van der Waals surface area (Å²) in [5.74, 6) is 0.0364. The van der Waals surface area contributed by atoms with Crippen molar-refractivity contribution in [2.24, 2.45) is 5.41 Å². The molecule has 0 spiro atoms. The van der Waals surface area contributed by atoms with Gasteiger partial charge in [-0.1, -0.05) is 44.2 Å². The van der Waals surface area contributed by atoms with Crippen molar-refractivity contribution in [2.75, 3.05) is 13.2 Å². The van der Waals surface area contributed by atoms with Crippen LogP contribution >= 0.6 is 0 Å². The first kappa shape index (κ1) is 18.0. The highest BCUT2D eigenvalue weighted by molar-refractivity contribution is 5.38. The number of aliphatic hydroxyl groups excluding tert-OH is 1. The van der Waals surface area contributed by atoms with Gasteiger partial charge < -0.3 is 24.5 Å². The molecule has 4 rings (SSSR count). The predicted molar refractivity (Wildman–Crippen MR) is 103 cm³/mol. The Morgan fingerprint density at radius 3 is 2.30 bits per heavy atom. The fourth-order valence-corrected chi connectivity index (χ4v) is 3.50. The van der Waals surface area contributed by atoms with Gasteiger partial charge in [-0.05, 0) is 29.8 Å². The number of ether oxygens (including phenoxy) is 2. The third-order valence-electron chi connectivity index (χ3n) is 4.96. The molecule has 2 aromatic heterocycles. The third kappa shape index (κ3) is 3.86. The molecule has 2 atom stereocenters. The lowest BCUT2D eigenvalue weighted by atomic mass is 9.93. The van der Waals surface area contributed by atoms with Gasteiger partial charge in [0.1, 0.15) is 6.10 Å². The van der Waals surface area contributed by atoms with Crippen LogP contribution in [0.1, 0.15) is 48.5 Å². The summed E-state index contributed by atoms with van der Waals surface area (Å²) in [5, 5.41) is 10.7. The first-order chi connectivity index (χ1) is 13.0. The molecule has 3 N–H and O–H groups in total. The van der Waals surface area contributed by atoms with Crippen LogP contribution in [0.15, 0.2) is 60.8 Å². The van der Waals surface area contributed by atoms with Crippen LogP contribution in [-0.2, 0) is 9.47 Å². The van der Waals surface area contributed by atoms with E-state index in [1.807, 2.05) is 42.6 Å². The molecule has 1 aliphatic heterocycles. The smallest absolute Gasteiger partial charge is 0.189 e. The number of aliphatic hydroxyl groups is 1.